The number of nitrogens with zero attached hydrogens (tertiary/aromatic N) is 2. The quantitative estimate of drug-likeness (QED) is 0.388. The molecule has 1 amide bonds. The maximum atomic E-state index is 13.4. The van der Waals surface area contributed by atoms with Crippen LogP contribution in [0.5, 0.6) is 17.4 Å². The molecule has 7 nitrogen and oxygen atoms in total. The Kier molecular flexibility index (Phi) is 6.66. The number of hydrogen-bond acceptors (Lipinski definition) is 5. The number of ether oxygens (including phenoxy) is 2. The topological polar surface area (TPSA) is 85.6 Å². The average Bonchev–Trinajstić information content (AvgIpc) is 3.53. The summed E-state index contributed by atoms with van der Waals surface area (Å²) in [6.45, 7) is 2.03. The van der Waals surface area contributed by atoms with Gasteiger partial charge in [0.2, 0.25) is 5.88 Å². The highest BCUT2D eigenvalue weighted by Gasteiger charge is 2.46. The van der Waals surface area contributed by atoms with E-state index in [1.54, 1.807) is 42.5 Å². The number of carbonyl (C=O) groups excluding carboxylic acids is 1. The van der Waals surface area contributed by atoms with Crippen LogP contribution in [0.15, 0.2) is 42.5 Å². The molecular weight excluding hydrogens is 489 g/mol. The van der Waals surface area contributed by atoms with Crippen LogP contribution in [-0.2, 0) is 6.61 Å². The van der Waals surface area contributed by atoms with E-state index in [4.69, 9.17) is 32.7 Å². The summed E-state index contributed by atoms with van der Waals surface area (Å²) in [5.41, 5.74) is 0.688. The lowest BCUT2D eigenvalue weighted by Gasteiger charge is -2.27. The van der Waals surface area contributed by atoms with Crippen molar-refractivity contribution >= 4 is 29.1 Å². The van der Waals surface area contributed by atoms with Crippen LogP contribution >= 0.6 is 23.2 Å². The first-order chi connectivity index (χ1) is 16.9. The molecule has 2 saturated carbocycles. The van der Waals surface area contributed by atoms with Crippen LogP contribution in [0.2, 0.25) is 10.0 Å². The van der Waals surface area contributed by atoms with Crippen molar-refractivity contribution in [3.8, 4) is 23.1 Å². The van der Waals surface area contributed by atoms with E-state index in [1.807, 2.05) is 6.92 Å². The fourth-order valence-electron chi connectivity index (χ4n) is 5.23. The van der Waals surface area contributed by atoms with E-state index >= 15 is 0 Å². The fraction of sp³-hybridized carbons (Fsp3) is 0.385. The Morgan fingerprint density at radius 2 is 1.89 bits per heavy atom. The fourth-order valence-corrected chi connectivity index (χ4v) is 5.72. The molecule has 3 aromatic rings. The highest BCUT2D eigenvalue weighted by Crippen LogP contribution is 2.47. The Hall–Kier alpha value is -2.74. The maximum absolute atomic E-state index is 13.4. The van der Waals surface area contributed by atoms with Gasteiger partial charge in [-0.1, -0.05) is 23.2 Å². The largest absolute Gasteiger partial charge is 0.494 e. The lowest BCUT2D eigenvalue weighted by Crippen LogP contribution is -2.45. The van der Waals surface area contributed by atoms with Gasteiger partial charge in [-0.15, -0.1) is 0 Å². The second kappa shape index (κ2) is 9.72. The molecule has 0 atom stereocenters. The monoisotopic (exact) mass is 515 g/mol. The Bertz CT molecular complexity index is 1230. The molecule has 2 aliphatic carbocycles. The van der Waals surface area contributed by atoms with Crippen LogP contribution in [0.4, 0.5) is 0 Å². The Balaban J connectivity index is 1.55. The molecule has 9 heteroatoms. The zero-order valence-corrected chi connectivity index (χ0v) is 20.9. The lowest BCUT2D eigenvalue weighted by molar-refractivity contribution is 0.0892. The Morgan fingerprint density at radius 3 is 2.49 bits per heavy atom. The van der Waals surface area contributed by atoms with Crippen LogP contribution in [0.25, 0.3) is 5.69 Å². The third kappa shape index (κ3) is 4.73. The number of nitrogens with one attached hydrogen (secondary N) is 1. The van der Waals surface area contributed by atoms with Crippen molar-refractivity contribution in [3.05, 3.63) is 63.8 Å². The van der Waals surface area contributed by atoms with Crippen molar-refractivity contribution in [1.82, 2.24) is 15.1 Å². The highest BCUT2D eigenvalue weighted by atomic mass is 35.5. The number of benzene rings is 2. The van der Waals surface area contributed by atoms with E-state index in [0.29, 0.717) is 39.8 Å². The molecule has 2 fully saturated rings. The first-order valence-corrected chi connectivity index (χ1v) is 12.6. The van der Waals surface area contributed by atoms with Crippen LogP contribution in [0.1, 0.15) is 55.1 Å². The number of halogens is 2. The molecule has 0 saturated heterocycles. The summed E-state index contributed by atoms with van der Waals surface area (Å²) in [5, 5.41) is 18.9. The van der Waals surface area contributed by atoms with Crippen LogP contribution in [0.3, 0.4) is 0 Å². The molecule has 35 heavy (non-hydrogen) atoms. The molecule has 0 aliphatic heterocycles. The summed E-state index contributed by atoms with van der Waals surface area (Å²) in [7, 11) is 0. The molecule has 0 spiro atoms. The minimum Gasteiger partial charge on any atom is -0.494 e. The summed E-state index contributed by atoms with van der Waals surface area (Å²) in [5.74, 6) is 1.77. The highest BCUT2D eigenvalue weighted by molar-refractivity contribution is 6.35. The average molecular weight is 516 g/mol. The first kappa shape index (κ1) is 24.0. The number of fused-ring (bicyclic) bond motifs is 2. The van der Waals surface area contributed by atoms with Gasteiger partial charge in [0.05, 0.1) is 29.5 Å². The van der Waals surface area contributed by atoms with Crippen molar-refractivity contribution in [2.45, 2.75) is 51.2 Å². The van der Waals surface area contributed by atoms with Gasteiger partial charge in [0.15, 0.2) is 5.69 Å². The zero-order chi connectivity index (χ0) is 24.6. The molecule has 0 radical (unpaired) electrons. The van der Waals surface area contributed by atoms with Crippen LogP contribution in [-0.4, -0.2) is 32.9 Å². The van der Waals surface area contributed by atoms with E-state index in [9.17, 15) is 9.90 Å². The molecule has 0 unspecified atom stereocenters. The first-order valence-electron chi connectivity index (χ1n) is 11.8. The molecule has 2 aromatic carbocycles. The van der Waals surface area contributed by atoms with E-state index in [2.05, 4.69) is 10.4 Å². The maximum Gasteiger partial charge on any atom is 0.272 e. The van der Waals surface area contributed by atoms with Crippen LogP contribution < -0.4 is 14.8 Å². The van der Waals surface area contributed by atoms with Gasteiger partial charge >= 0.3 is 0 Å². The van der Waals surface area contributed by atoms with Crippen LogP contribution in [0, 0.1) is 5.92 Å². The summed E-state index contributed by atoms with van der Waals surface area (Å²) < 4.78 is 13.1. The number of hydrogen-bond donors (Lipinski definition) is 2. The number of amides is 1. The van der Waals surface area contributed by atoms with Gasteiger partial charge in [0, 0.05) is 10.6 Å². The minimum atomic E-state index is -0.435. The van der Waals surface area contributed by atoms with Gasteiger partial charge in [-0.2, -0.15) is 9.78 Å². The summed E-state index contributed by atoms with van der Waals surface area (Å²) in [6.07, 6.45) is 5.20. The summed E-state index contributed by atoms with van der Waals surface area (Å²) in [6, 6.07) is 12.1. The molecule has 1 aromatic heterocycles. The standard InChI is InChI=1S/C26H27Cl2N3O4/c1-2-34-18-4-6-19(7-5-18)35-25-20(15-32)23(24(33)29-26-11-9-16(14-26)10-12-26)30-31(25)22-8-3-17(27)13-21(22)28/h3-8,13,16,32H,2,9-12,14-15H2,1H3,(H,29,33). The molecular formula is C26H27Cl2N3O4. The third-order valence-corrected chi connectivity index (χ3v) is 7.45. The van der Waals surface area contributed by atoms with Gasteiger partial charge in [-0.25, -0.2) is 0 Å². The predicted molar refractivity (Wildman–Crippen MR) is 134 cm³/mol. The number of aliphatic hydroxyl groups is 1. The van der Waals surface area contributed by atoms with E-state index < -0.39 is 6.61 Å². The molecule has 2 bridgehead atoms. The van der Waals surface area contributed by atoms with Crippen molar-refractivity contribution in [2.75, 3.05) is 6.61 Å². The smallest absolute Gasteiger partial charge is 0.272 e. The summed E-state index contributed by atoms with van der Waals surface area (Å²) >= 11 is 12.6. The lowest BCUT2D eigenvalue weighted by atomic mass is 9.93. The molecule has 2 N–H and O–H groups in total. The molecule has 5 rings (SSSR count). The van der Waals surface area contributed by atoms with Crippen molar-refractivity contribution < 1.29 is 19.4 Å². The molecule has 1 heterocycles. The summed E-state index contributed by atoms with van der Waals surface area (Å²) in [4.78, 5) is 13.4. The predicted octanol–water partition coefficient (Wildman–Crippen LogP) is 5.92. The number of rotatable bonds is 8. The van der Waals surface area contributed by atoms with E-state index in [-0.39, 0.29) is 28.6 Å². The second-order valence-electron chi connectivity index (χ2n) is 9.19. The Labute approximate surface area is 213 Å². The SMILES string of the molecule is CCOc1ccc(Oc2c(CO)c(C(=O)NC34CCC(CC3)C4)nn2-c2ccc(Cl)cc2Cl)cc1. The normalized spacial score (nSPS) is 20.7. The van der Waals surface area contributed by atoms with E-state index in [0.717, 1.165) is 32.1 Å². The van der Waals surface area contributed by atoms with Gasteiger partial charge in [-0.05, 0) is 87.4 Å². The molecule has 184 valence electrons. The number of carbonyl (C=O) groups is 1. The van der Waals surface area contributed by atoms with Gasteiger partial charge < -0.3 is 19.9 Å². The molecule has 2 aliphatic rings. The van der Waals surface area contributed by atoms with Crippen molar-refractivity contribution in [3.63, 3.8) is 0 Å². The van der Waals surface area contributed by atoms with Gasteiger partial charge in [0.25, 0.3) is 5.91 Å². The minimum absolute atomic E-state index is 0.115. The number of aromatic nitrogens is 2. The third-order valence-electron chi connectivity index (χ3n) is 6.92. The number of aliphatic hydroxyl groups excluding tert-OH is 1. The van der Waals surface area contributed by atoms with E-state index in [1.165, 1.54) is 4.68 Å². The van der Waals surface area contributed by atoms with Crippen molar-refractivity contribution in [1.29, 1.82) is 0 Å². The second-order valence-corrected chi connectivity index (χ2v) is 10.0. The Morgan fingerprint density at radius 1 is 1.17 bits per heavy atom. The van der Waals surface area contributed by atoms with Gasteiger partial charge in [-0.3, -0.25) is 4.79 Å². The van der Waals surface area contributed by atoms with Crippen molar-refractivity contribution in [2.24, 2.45) is 5.92 Å². The van der Waals surface area contributed by atoms with Gasteiger partial charge in [0.1, 0.15) is 11.5 Å². The zero-order valence-electron chi connectivity index (χ0n) is 19.4.